The van der Waals surface area contributed by atoms with Crippen molar-refractivity contribution in [1.29, 1.82) is 0 Å². The van der Waals surface area contributed by atoms with Crippen LogP contribution in [0, 0.1) is 0 Å². The minimum Gasteiger partial charge on any atom is -0.497 e. The van der Waals surface area contributed by atoms with Crippen molar-refractivity contribution in [2.75, 3.05) is 18.0 Å². The van der Waals surface area contributed by atoms with Crippen LogP contribution in [-0.4, -0.2) is 50.9 Å². The molecule has 2 amide bonds. The van der Waals surface area contributed by atoms with E-state index in [1.54, 1.807) is 25.1 Å². The highest BCUT2D eigenvalue weighted by Crippen LogP contribution is 2.28. The highest BCUT2D eigenvalue weighted by molar-refractivity contribution is 7.92. The van der Waals surface area contributed by atoms with E-state index in [9.17, 15) is 18.0 Å². The summed E-state index contributed by atoms with van der Waals surface area (Å²) >= 11 is 18.3. The Morgan fingerprint density at radius 2 is 1.56 bits per heavy atom. The topological polar surface area (TPSA) is 96.0 Å². The first-order valence-electron chi connectivity index (χ1n) is 12.8. The zero-order chi connectivity index (χ0) is 30.3. The second kappa shape index (κ2) is 14.3. The molecular formula is C29H32Cl3N3O5S. The van der Waals surface area contributed by atoms with Gasteiger partial charge in [0.15, 0.2) is 0 Å². The summed E-state index contributed by atoms with van der Waals surface area (Å²) in [6.45, 7) is 4.79. The maximum Gasteiger partial charge on any atom is 0.264 e. The lowest BCUT2D eigenvalue weighted by molar-refractivity contribution is -0.139. The number of carbonyl (C=O) groups excluding carboxylic acids is 2. The van der Waals surface area contributed by atoms with Crippen molar-refractivity contribution in [3.63, 3.8) is 0 Å². The summed E-state index contributed by atoms with van der Waals surface area (Å²) in [4.78, 5) is 28.4. The van der Waals surface area contributed by atoms with Crippen LogP contribution in [0.15, 0.2) is 71.6 Å². The van der Waals surface area contributed by atoms with Gasteiger partial charge in [-0.05, 0) is 86.5 Å². The molecule has 2 atom stereocenters. The second-order valence-electron chi connectivity index (χ2n) is 9.43. The van der Waals surface area contributed by atoms with Crippen molar-refractivity contribution in [1.82, 2.24) is 10.2 Å². The van der Waals surface area contributed by atoms with Crippen LogP contribution in [0.25, 0.3) is 0 Å². The summed E-state index contributed by atoms with van der Waals surface area (Å²) < 4.78 is 33.9. The van der Waals surface area contributed by atoms with E-state index in [0.29, 0.717) is 27.8 Å². The van der Waals surface area contributed by atoms with Crippen molar-refractivity contribution in [3.8, 4) is 5.75 Å². The third kappa shape index (κ3) is 8.29. The Morgan fingerprint density at radius 1 is 0.927 bits per heavy atom. The maximum absolute atomic E-state index is 14.0. The van der Waals surface area contributed by atoms with Crippen molar-refractivity contribution in [2.45, 2.75) is 50.7 Å². The molecule has 3 aromatic carbocycles. The van der Waals surface area contributed by atoms with Crippen LogP contribution in [-0.2, 0) is 26.2 Å². The summed E-state index contributed by atoms with van der Waals surface area (Å²) in [6.07, 6.45) is 0.698. The number of halogens is 3. The number of nitrogens with one attached hydrogen (secondary N) is 1. The van der Waals surface area contributed by atoms with E-state index in [2.05, 4.69) is 5.32 Å². The van der Waals surface area contributed by atoms with Crippen molar-refractivity contribution >= 4 is 62.3 Å². The van der Waals surface area contributed by atoms with Crippen molar-refractivity contribution in [2.24, 2.45) is 0 Å². The molecule has 0 radical (unpaired) electrons. The Labute approximate surface area is 256 Å². The summed E-state index contributed by atoms with van der Waals surface area (Å²) in [5.74, 6) is -0.495. The molecule has 0 spiro atoms. The van der Waals surface area contributed by atoms with Gasteiger partial charge in [0.1, 0.15) is 18.3 Å². The number of methoxy groups -OCH3 is 1. The molecule has 0 unspecified atom stereocenters. The first-order valence-corrected chi connectivity index (χ1v) is 15.4. The van der Waals surface area contributed by atoms with Gasteiger partial charge in [-0.2, -0.15) is 0 Å². The third-order valence-electron chi connectivity index (χ3n) is 6.55. The number of benzene rings is 3. The number of hydrogen-bond donors (Lipinski definition) is 1. The fourth-order valence-corrected chi connectivity index (χ4v) is 5.75. The van der Waals surface area contributed by atoms with Crippen LogP contribution in [0.2, 0.25) is 15.1 Å². The van der Waals surface area contributed by atoms with Gasteiger partial charge in [-0.3, -0.25) is 13.9 Å². The minimum atomic E-state index is -4.23. The highest BCUT2D eigenvalue weighted by Gasteiger charge is 2.33. The molecule has 41 heavy (non-hydrogen) atoms. The fraction of sp³-hybridized carbons (Fsp3) is 0.310. The van der Waals surface area contributed by atoms with Crippen LogP contribution < -0.4 is 14.4 Å². The van der Waals surface area contributed by atoms with Gasteiger partial charge in [0.25, 0.3) is 10.0 Å². The Bertz CT molecular complexity index is 1470. The molecule has 0 aliphatic carbocycles. The maximum atomic E-state index is 14.0. The molecule has 0 aliphatic heterocycles. The average Bonchev–Trinajstić information content (AvgIpc) is 2.96. The Hall–Kier alpha value is -2.98. The fourth-order valence-electron chi connectivity index (χ4n) is 3.89. The zero-order valence-corrected chi connectivity index (χ0v) is 26.2. The van der Waals surface area contributed by atoms with E-state index < -0.39 is 28.5 Å². The van der Waals surface area contributed by atoms with Gasteiger partial charge < -0.3 is 15.0 Å². The molecule has 3 rings (SSSR count). The zero-order valence-electron chi connectivity index (χ0n) is 23.1. The summed E-state index contributed by atoms with van der Waals surface area (Å²) in [5.41, 5.74) is 0.844. The Kier molecular flexibility index (Phi) is 11.3. The third-order valence-corrected chi connectivity index (χ3v) is 9.33. The van der Waals surface area contributed by atoms with Gasteiger partial charge >= 0.3 is 0 Å². The molecule has 8 nitrogen and oxygen atoms in total. The molecule has 0 aromatic heterocycles. The molecule has 220 valence electrons. The number of amides is 2. The van der Waals surface area contributed by atoms with Crippen LogP contribution in [0.3, 0.4) is 0 Å². The molecule has 0 aliphatic rings. The van der Waals surface area contributed by atoms with Crippen molar-refractivity contribution < 1.29 is 22.7 Å². The van der Waals surface area contributed by atoms with Gasteiger partial charge in [0.2, 0.25) is 11.8 Å². The molecule has 0 fully saturated rings. The van der Waals surface area contributed by atoms with E-state index in [1.807, 2.05) is 13.8 Å². The molecule has 3 aromatic rings. The standard InChI is InChI=1S/C29H32Cl3N3O5S/c1-5-19(2)33-29(37)20(3)34(17-21-6-15-26(31)27(32)16-21)28(36)18-35(23-9-7-22(30)8-10-23)41(38,39)25-13-11-24(40-4)12-14-25/h6-16,19-20H,5,17-18H2,1-4H3,(H,33,37)/t19-,20-/m1/s1. The number of nitrogens with zero attached hydrogens (tertiary/aromatic N) is 2. The molecule has 0 heterocycles. The monoisotopic (exact) mass is 639 g/mol. The summed E-state index contributed by atoms with van der Waals surface area (Å²) in [7, 11) is -2.75. The van der Waals surface area contributed by atoms with E-state index in [-0.39, 0.29) is 34.1 Å². The van der Waals surface area contributed by atoms with E-state index >= 15 is 0 Å². The summed E-state index contributed by atoms with van der Waals surface area (Å²) in [5, 5.41) is 3.92. The lowest BCUT2D eigenvalue weighted by Crippen LogP contribution is -2.52. The Balaban J connectivity index is 2.03. The van der Waals surface area contributed by atoms with Gasteiger partial charge in [-0.1, -0.05) is 47.8 Å². The lowest BCUT2D eigenvalue weighted by Gasteiger charge is -2.32. The van der Waals surface area contributed by atoms with E-state index in [4.69, 9.17) is 39.5 Å². The van der Waals surface area contributed by atoms with E-state index in [1.165, 1.54) is 60.5 Å². The van der Waals surface area contributed by atoms with Gasteiger partial charge in [-0.15, -0.1) is 0 Å². The first kappa shape index (κ1) is 32.5. The minimum absolute atomic E-state index is 0.0120. The largest absolute Gasteiger partial charge is 0.497 e. The summed E-state index contributed by atoms with van der Waals surface area (Å²) in [6, 6.07) is 15.8. The van der Waals surface area contributed by atoms with Crippen LogP contribution in [0.4, 0.5) is 5.69 Å². The van der Waals surface area contributed by atoms with Crippen LogP contribution in [0.5, 0.6) is 5.75 Å². The lowest BCUT2D eigenvalue weighted by atomic mass is 10.1. The number of sulfonamides is 1. The predicted molar refractivity (Wildman–Crippen MR) is 163 cm³/mol. The van der Waals surface area contributed by atoms with Crippen LogP contribution in [0.1, 0.15) is 32.8 Å². The average molecular weight is 641 g/mol. The SMILES string of the molecule is CC[C@@H](C)NC(=O)[C@@H](C)N(Cc1ccc(Cl)c(Cl)c1)C(=O)CN(c1ccc(Cl)cc1)S(=O)(=O)c1ccc(OC)cc1. The smallest absolute Gasteiger partial charge is 0.264 e. The number of hydrogen-bond acceptors (Lipinski definition) is 5. The highest BCUT2D eigenvalue weighted by atomic mass is 35.5. The first-order chi connectivity index (χ1) is 19.4. The number of carbonyl (C=O) groups is 2. The van der Waals surface area contributed by atoms with Crippen molar-refractivity contribution in [3.05, 3.63) is 87.4 Å². The van der Waals surface area contributed by atoms with E-state index in [0.717, 1.165) is 4.31 Å². The molecule has 0 bridgehead atoms. The quantitative estimate of drug-likeness (QED) is 0.255. The normalized spacial score (nSPS) is 12.8. The predicted octanol–water partition coefficient (Wildman–Crippen LogP) is 6.18. The second-order valence-corrected chi connectivity index (χ2v) is 12.5. The van der Waals surface area contributed by atoms with Crippen LogP contribution >= 0.6 is 34.8 Å². The Morgan fingerprint density at radius 3 is 2.12 bits per heavy atom. The molecule has 0 saturated carbocycles. The molecule has 12 heteroatoms. The molecular weight excluding hydrogens is 609 g/mol. The molecule has 1 N–H and O–H groups in total. The molecule has 0 saturated heterocycles. The number of rotatable bonds is 12. The van der Waals surface area contributed by atoms with Gasteiger partial charge in [-0.25, -0.2) is 8.42 Å². The van der Waals surface area contributed by atoms with Gasteiger partial charge in [0.05, 0.1) is 27.7 Å². The van der Waals surface area contributed by atoms with Gasteiger partial charge in [0, 0.05) is 17.6 Å². The number of ether oxygens (including phenoxy) is 1. The number of anilines is 1.